The number of hydrogen-bond donors (Lipinski definition) is 0. The van der Waals surface area contributed by atoms with Crippen molar-refractivity contribution in [3.05, 3.63) is 30.5 Å². The van der Waals surface area contributed by atoms with Crippen LogP contribution in [0.3, 0.4) is 0 Å². The fraction of sp³-hybridized carbons (Fsp3) is 0.308. The van der Waals surface area contributed by atoms with Gasteiger partial charge in [-0.1, -0.05) is 6.92 Å². The largest absolute Gasteiger partial charge is 0.464 e. The van der Waals surface area contributed by atoms with E-state index in [2.05, 4.69) is 24.0 Å². The Morgan fingerprint density at radius 1 is 1.24 bits per heavy atom. The van der Waals surface area contributed by atoms with Crippen LogP contribution >= 0.6 is 11.8 Å². The molecule has 0 bridgehead atoms. The number of oxazole rings is 1. The maximum atomic E-state index is 5.47. The summed E-state index contributed by atoms with van der Waals surface area (Å²) in [6, 6.07) is 8.18. The van der Waals surface area contributed by atoms with Gasteiger partial charge in [0.15, 0.2) is 0 Å². The molecule has 1 aromatic heterocycles. The SMILES string of the molecule is CCOc1cnc(-c2ccc(SCC)cc2)o1. The van der Waals surface area contributed by atoms with Gasteiger partial charge >= 0.3 is 5.95 Å². The monoisotopic (exact) mass is 249 g/mol. The van der Waals surface area contributed by atoms with Crippen LogP contribution < -0.4 is 4.74 Å². The molecule has 1 aromatic carbocycles. The first-order valence-electron chi connectivity index (χ1n) is 5.65. The number of benzene rings is 1. The fourth-order valence-corrected chi connectivity index (χ4v) is 2.12. The molecule has 0 atom stereocenters. The molecule has 0 unspecified atom stereocenters. The van der Waals surface area contributed by atoms with Gasteiger partial charge in [0.05, 0.1) is 6.61 Å². The lowest BCUT2D eigenvalue weighted by Gasteiger charge is -1.99. The number of hydrogen-bond acceptors (Lipinski definition) is 4. The minimum absolute atomic E-state index is 0.467. The predicted octanol–water partition coefficient (Wildman–Crippen LogP) is 3.85. The highest BCUT2D eigenvalue weighted by Crippen LogP contribution is 2.25. The van der Waals surface area contributed by atoms with Gasteiger partial charge in [-0.05, 0) is 36.9 Å². The third kappa shape index (κ3) is 3.03. The Morgan fingerprint density at radius 3 is 2.65 bits per heavy atom. The molecule has 0 spiro atoms. The molecule has 0 aliphatic carbocycles. The summed E-state index contributed by atoms with van der Waals surface area (Å²) in [6.07, 6.45) is 1.60. The van der Waals surface area contributed by atoms with Gasteiger partial charge in [0.1, 0.15) is 6.20 Å². The lowest BCUT2D eigenvalue weighted by atomic mass is 10.2. The molecule has 17 heavy (non-hydrogen) atoms. The molecule has 3 nitrogen and oxygen atoms in total. The molecular weight excluding hydrogens is 234 g/mol. The second kappa shape index (κ2) is 5.77. The smallest absolute Gasteiger partial charge is 0.305 e. The van der Waals surface area contributed by atoms with Gasteiger partial charge in [-0.3, -0.25) is 0 Å². The van der Waals surface area contributed by atoms with E-state index in [-0.39, 0.29) is 0 Å². The molecule has 1 heterocycles. The third-order valence-corrected chi connectivity index (χ3v) is 3.08. The van der Waals surface area contributed by atoms with Crippen molar-refractivity contribution in [2.75, 3.05) is 12.4 Å². The summed E-state index contributed by atoms with van der Waals surface area (Å²) in [5, 5.41) is 0. The molecule has 2 rings (SSSR count). The summed E-state index contributed by atoms with van der Waals surface area (Å²) in [4.78, 5) is 5.44. The molecule has 4 heteroatoms. The zero-order chi connectivity index (χ0) is 12.1. The van der Waals surface area contributed by atoms with E-state index in [1.54, 1.807) is 6.20 Å². The van der Waals surface area contributed by atoms with Gasteiger partial charge < -0.3 is 9.15 Å². The average molecular weight is 249 g/mol. The Labute approximate surface area is 105 Å². The van der Waals surface area contributed by atoms with E-state index >= 15 is 0 Å². The average Bonchev–Trinajstić information content (AvgIpc) is 2.80. The van der Waals surface area contributed by atoms with Crippen molar-refractivity contribution in [2.24, 2.45) is 0 Å². The summed E-state index contributed by atoms with van der Waals surface area (Å²) < 4.78 is 10.7. The van der Waals surface area contributed by atoms with Gasteiger partial charge in [0.2, 0.25) is 5.89 Å². The van der Waals surface area contributed by atoms with Crippen LogP contribution in [0.25, 0.3) is 11.5 Å². The number of thioether (sulfide) groups is 1. The molecule has 0 aliphatic heterocycles. The lowest BCUT2D eigenvalue weighted by Crippen LogP contribution is -1.87. The van der Waals surface area contributed by atoms with Crippen LogP contribution in [0.4, 0.5) is 0 Å². The number of ether oxygens (including phenoxy) is 1. The lowest BCUT2D eigenvalue weighted by molar-refractivity contribution is 0.260. The van der Waals surface area contributed by atoms with E-state index < -0.39 is 0 Å². The quantitative estimate of drug-likeness (QED) is 0.754. The van der Waals surface area contributed by atoms with Crippen molar-refractivity contribution in [1.82, 2.24) is 4.98 Å². The summed E-state index contributed by atoms with van der Waals surface area (Å²) in [5.74, 6) is 2.14. The minimum Gasteiger partial charge on any atom is -0.464 e. The van der Waals surface area contributed by atoms with E-state index in [0.717, 1.165) is 11.3 Å². The van der Waals surface area contributed by atoms with Crippen molar-refractivity contribution in [2.45, 2.75) is 18.7 Å². The summed E-state index contributed by atoms with van der Waals surface area (Å²) in [5.41, 5.74) is 0.969. The number of nitrogens with zero attached hydrogens (tertiary/aromatic N) is 1. The van der Waals surface area contributed by atoms with Crippen LogP contribution in [0.15, 0.2) is 39.8 Å². The van der Waals surface area contributed by atoms with Crippen molar-refractivity contribution in [3.63, 3.8) is 0 Å². The second-order valence-corrected chi connectivity index (χ2v) is 4.71. The van der Waals surface area contributed by atoms with Gasteiger partial charge in [0, 0.05) is 10.5 Å². The van der Waals surface area contributed by atoms with Crippen LogP contribution in [0, 0.1) is 0 Å². The Morgan fingerprint density at radius 2 is 2.00 bits per heavy atom. The molecule has 0 saturated carbocycles. The fourth-order valence-electron chi connectivity index (χ4n) is 1.46. The molecule has 0 aliphatic rings. The highest BCUT2D eigenvalue weighted by Gasteiger charge is 2.06. The van der Waals surface area contributed by atoms with Gasteiger partial charge in [0.25, 0.3) is 0 Å². The molecular formula is C13H15NO2S. The molecule has 90 valence electrons. The Bertz CT molecular complexity index is 465. The first-order valence-corrected chi connectivity index (χ1v) is 6.64. The molecule has 0 amide bonds. The summed E-state index contributed by atoms with van der Waals surface area (Å²) in [7, 11) is 0. The van der Waals surface area contributed by atoms with E-state index in [4.69, 9.17) is 9.15 Å². The summed E-state index contributed by atoms with van der Waals surface area (Å²) >= 11 is 1.82. The second-order valence-electron chi connectivity index (χ2n) is 3.37. The van der Waals surface area contributed by atoms with E-state index in [1.165, 1.54) is 4.90 Å². The van der Waals surface area contributed by atoms with Crippen LogP contribution in [-0.4, -0.2) is 17.3 Å². The maximum Gasteiger partial charge on any atom is 0.305 e. The summed E-state index contributed by atoms with van der Waals surface area (Å²) in [6.45, 7) is 4.64. The normalized spacial score (nSPS) is 10.5. The van der Waals surface area contributed by atoms with Gasteiger partial charge in [-0.25, -0.2) is 4.98 Å². The third-order valence-electron chi connectivity index (χ3n) is 2.18. The molecule has 0 saturated heterocycles. The van der Waals surface area contributed by atoms with E-state index in [9.17, 15) is 0 Å². The molecule has 0 radical (unpaired) electrons. The Kier molecular flexibility index (Phi) is 4.09. The van der Waals surface area contributed by atoms with Crippen LogP contribution in [0.2, 0.25) is 0 Å². The molecule has 2 aromatic rings. The zero-order valence-electron chi connectivity index (χ0n) is 9.97. The first kappa shape index (κ1) is 12.0. The van der Waals surface area contributed by atoms with E-state index in [1.807, 2.05) is 30.8 Å². The standard InChI is InChI=1S/C13H15NO2S/c1-3-15-12-9-14-13(16-12)10-5-7-11(8-6-10)17-4-2/h5-9H,3-4H2,1-2H3. The van der Waals surface area contributed by atoms with Crippen LogP contribution in [0.1, 0.15) is 13.8 Å². The van der Waals surface area contributed by atoms with Crippen molar-refractivity contribution in [1.29, 1.82) is 0 Å². The highest BCUT2D eigenvalue weighted by atomic mass is 32.2. The van der Waals surface area contributed by atoms with Crippen molar-refractivity contribution < 1.29 is 9.15 Å². The Hall–Kier alpha value is -1.42. The maximum absolute atomic E-state index is 5.47. The highest BCUT2D eigenvalue weighted by molar-refractivity contribution is 7.99. The van der Waals surface area contributed by atoms with Crippen LogP contribution in [0.5, 0.6) is 5.95 Å². The van der Waals surface area contributed by atoms with Crippen molar-refractivity contribution >= 4 is 11.8 Å². The van der Waals surface area contributed by atoms with Crippen molar-refractivity contribution in [3.8, 4) is 17.4 Å². The predicted molar refractivity (Wildman–Crippen MR) is 69.5 cm³/mol. The number of rotatable bonds is 5. The molecule has 0 N–H and O–H groups in total. The Balaban J connectivity index is 2.15. The number of aromatic nitrogens is 1. The van der Waals surface area contributed by atoms with Gasteiger partial charge in [-0.2, -0.15) is 0 Å². The topological polar surface area (TPSA) is 35.3 Å². The molecule has 0 fully saturated rings. The zero-order valence-corrected chi connectivity index (χ0v) is 10.8. The van der Waals surface area contributed by atoms with Gasteiger partial charge in [-0.15, -0.1) is 11.8 Å². The minimum atomic E-state index is 0.467. The first-order chi connectivity index (χ1) is 8.33. The van der Waals surface area contributed by atoms with Crippen LogP contribution in [-0.2, 0) is 0 Å². The van der Waals surface area contributed by atoms with E-state index in [0.29, 0.717) is 18.4 Å².